The Kier molecular flexibility index (Phi) is 7.68. The maximum absolute atomic E-state index is 10.1. The number of piperazine rings is 1. The third kappa shape index (κ3) is 5.77. The van der Waals surface area contributed by atoms with Crippen molar-refractivity contribution in [3.05, 3.63) is 0 Å². The van der Waals surface area contributed by atoms with Gasteiger partial charge >= 0.3 is 104 Å². The van der Waals surface area contributed by atoms with E-state index < -0.39 is 0 Å². The number of nitrogens with zero attached hydrogens (tertiary/aromatic N) is 1. The second-order valence-electron chi connectivity index (χ2n) is 4.59. The normalized spacial score (nSPS) is 21.2. The standard InChI is InChI=1S/C10H23B2N3O2/c1-12(17)15-7-6-13-8-10(15)4-2-3-5-14-9-11-16/h10,13-14,17H,2-9H2,1H3/t10-/m0/s1. The third-order valence-electron chi connectivity index (χ3n) is 3.24. The predicted octanol–water partition coefficient (Wildman–Crippen LogP) is -0.862. The summed E-state index contributed by atoms with van der Waals surface area (Å²) in [6.07, 6.45) is 3.75. The van der Waals surface area contributed by atoms with Crippen LogP contribution < -0.4 is 10.6 Å². The fraction of sp³-hybridized carbons (Fsp3) is 1.00. The van der Waals surface area contributed by atoms with Gasteiger partial charge in [0.25, 0.3) is 0 Å². The van der Waals surface area contributed by atoms with Crippen LogP contribution in [0.15, 0.2) is 0 Å². The Morgan fingerprint density at radius 1 is 1.59 bits per heavy atom. The average molecular weight is 239 g/mol. The molecule has 1 rings (SSSR count). The van der Waals surface area contributed by atoms with E-state index in [4.69, 9.17) is 0 Å². The van der Waals surface area contributed by atoms with Gasteiger partial charge in [-0.05, 0) is 0 Å². The van der Waals surface area contributed by atoms with E-state index in [1.807, 2.05) is 6.82 Å². The summed E-state index contributed by atoms with van der Waals surface area (Å²) in [6, 6.07) is 0.440. The van der Waals surface area contributed by atoms with Crippen molar-refractivity contribution in [3.63, 3.8) is 0 Å². The van der Waals surface area contributed by atoms with Crippen LogP contribution in [0, 0.1) is 0 Å². The van der Waals surface area contributed by atoms with Crippen LogP contribution >= 0.6 is 0 Å². The summed E-state index contributed by atoms with van der Waals surface area (Å²) in [5, 5.41) is 16.1. The first kappa shape index (κ1) is 14.8. The summed E-state index contributed by atoms with van der Waals surface area (Å²) in [6.45, 7) is 5.58. The van der Waals surface area contributed by atoms with Crippen molar-refractivity contribution in [1.29, 1.82) is 0 Å². The van der Waals surface area contributed by atoms with Crippen LogP contribution in [0.1, 0.15) is 19.3 Å². The van der Waals surface area contributed by atoms with Crippen LogP contribution in [-0.2, 0) is 4.70 Å². The van der Waals surface area contributed by atoms with Gasteiger partial charge in [0.2, 0.25) is 0 Å². The summed E-state index contributed by atoms with van der Waals surface area (Å²) in [7, 11) is 0.538. The quantitative estimate of drug-likeness (QED) is 0.380. The SMILES string of the molecule is CB(O)N1CCNC[C@@H]1CCCCNCB=O. The number of rotatable bonds is 8. The van der Waals surface area contributed by atoms with Crippen LogP contribution in [0.2, 0.25) is 6.82 Å². The molecule has 0 aromatic rings. The summed E-state index contributed by atoms with van der Waals surface area (Å²) >= 11 is 0. The molecule has 1 aliphatic rings. The Hall–Kier alpha value is -0.230. The molecule has 7 heteroatoms. The van der Waals surface area contributed by atoms with Crippen LogP contribution in [0.3, 0.4) is 0 Å². The Balaban J connectivity index is 2.13. The van der Waals surface area contributed by atoms with Gasteiger partial charge in [0, 0.05) is 0 Å². The molecule has 1 heterocycles. The molecule has 0 aromatic heterocycles. The van der Waals surface area contributed by atoms with Crippen molar-refractivity contribution in [2.75, 3.05) is 32.6 Å². The number of nitrogens with one attached hydrogen (secondary N) is 2. The van der Waals surface area contributed by atoms with Crippen molar-refractivity contribution in [2.24, 2.45) is 0 Å². The zero-order valence-electron chi connectivity index (χ0n) is 10.7. The van der Waals surface area contributed by atoms with E-state index in [2.05, 4.69) is 15.4 Å². The van der Waals surface area contributed by atoms with E-state index in [-0.39, 0.29) is 7.05 Å². The first-order valence-electron chi connectivity index (χ1n) is 6.54. The van der Waals surface area contributed by atoms with Crippen molar-refractivity contribution in [3.8, 4) is 0 Å². The Bertz CT molecular complexity index is 220. The molecule has 0 bridgehead atoms. The summed E-state index contributed by atoms with van der Waals surface area (Å²) < 4.78 is 10.1. The first-order chi connectivity index (χ1) is 8.25. The molecule has 0 amide bonds. The molecule has 0 radical (unpaired) electrons. The van der Waals surface area contributed by atoms with Gasteiger partial charge in [-0.25, -0.2) is 0 Å². The molecule has 0 saturated carbocycles. The second-order valence-corrected chi connectivity index (χ2v) is 4.59. The molecule has 0 aromatic carbocycles. The molecule has 5 nitrogen and oxygen atoms in total. The Morgan fingerprint density at radius 2 is 2.41 bits per heavy atom. The van der Waals surface area contributed by atoms with Crippen molar-refractivity contribution in [1.82, 2.24) is 15.4 Å². The predicted molar refractivity (Wildman–Crippen MR) is 70.4 cm³/mol. The second kappa shape index (κ2) is 8.80. The summed E-state index contributed by atoms with van der Waals surface area (Å²) in [4.78, 5) is 2.16. The van der Waals surface area contributed by atoms with Crippen molar-refractivity contribution in [2.45, 2.75) is 32.1 Å². The summed E-state index contributed by atoms with van der Waals surface area (Å²) in [5.41, 5.74) is 0. The Morgan fingerprint density at radius 3 is 3.12 bits per heavy atom. The monoisotopic (exact) mass is 239 g/mol. The van der Waals surface area contributed by atoms with Gasteiger partial charge in [-0.2, -0.15) is 0 Å². The van der Waals surface area contributed by atoms with Crippen LogP contribution in [0.5, 0.6) is 0 Å². The molecule has 0 aliphatic carbocycles. The number of hydrogen-bond acceptors (Lipinski definition) is 5. The van der Waals surface area contributed by atoms with Gasteiger partial charge in [-0.15, -0.1) is 0 Å². The van der Waals surface area contributed by atoms with Gasteiger partial charge in [-0.3, -0.25) is 0 Å². The molecule has 0 unspecified atom stereocenters. The fourth-order valence-electron chi connectivity index (χ4n) is 2.33. The van der Waals surface area contributed by atoms with E-state index in [1.165, 1.54) is 0 Å². The molecular weight excluding hydrogens is 216 g/mol. The van der Waals surface area contributed by atoms with E-state index >= 15 is 0 Å². The van der Waals surface area contributed by atoms with Gasteiger partial charge in [-0.1, -0.05) is 0 Å². The van der Waals surface area contributed by atoms with Gasteiger partial charge in [0.15, 0.2) is 0 Å². The fourth-order valence-corrected chi connectivity index (χ4v) is 2.33. The van der Waals surface area contributed by atoms with Gasteiger partial charge in [0.05, 0.1) is 0 Å². The molecule has 96 valence electrons. The maximum atomic E-state index is 10.1. The number of unbranched alkanes of at least 4 members (excludes halogenated alkanes) is 1. The molecule has 1 saturated heterocycles. The van der Waals surface area contributed by atoms with E-state index in [0.29, 0.717) is 12.5 Å². The minimum atomic E-state index is -0.352. The molecule has 1 atom stereocenters. The summed E-state index contributed by atoms with van der Waals surface area (Å²) in [5.74, 6) is 0. The van der Waals surface area contributed by atoms with E-state index in [0.717, 1.165) is 52.6 Å². The Labute approximate surface area is 105 Å². The number of hydrogen-bond donors (Lipinski definition) is 3. The van der Waals surface area contributed by atoms with Crippen LogP contribution in [0.25, 0.3) is 0 Å². The van der Waals surface area contributed by atoms with Crippen molar-refractivity contribution < 1.29 is 9.73 Å². The third-order valence-corrected chi connectivity index (χ3v) is 3.24. The topological polar surface area (TPSA) is 64.6 Å². The zero-order valence-corrected chi connectivity index (χ0v) is 10.7. The zero-order chi connectivity index (χ0) is 12.5. The van der Waals surface area contributed by atoms with Crippen LogP contribution in [0.4, 0.5) is 0 Å². The van der Waals surface area contributed by atoms with E-state index in [9.17, 15) is 9.73 Å². The van der Waals surface area contributed by atoms with Gasteiger partial charge in [0.1, 0.15) is 0 Å². The van der Waals surface area contributed by atoms with Gasteiger partial charge < -0.3 is 0 Å². The molecular formula is C10H23B2N3O2. The molecule has 1 aliphatic heterocycles. The molecule has 17 heavy (non-hydrogen) atoms. The molecule has 0 spiro atoms. The van der Waals surface area contributed by atoms with Crippen LogP contribution in [-0.4, -0.2) is 62.7 Å². The first-order valence-corrected chi connectivity index (χ1v) is 6.54. The van der Waals surface area contributed by atoms with Crippen molar-refractivity contribution >= 4 is 14.2 Å². The molecule has 3 N–H and O–H groups in total. The van der Waals surface area contributed by atoms with E-state index in [1.54, 1.807) is 0 Å². The average Bonchev–Trinajstić information content (AvgIpc) is 2.34. The minimum absolute atomic E-state index is 0.352. The molecule has 1 fully saturated rings.